The highest BCUT2D eigenvalue weighted by atomic mass is 19.1. The summed E-state index contributed by atoms with van der Waals surface area (Å²) in [6.07, 6.45) is 0.185. The van der Waals surface area contributed by atoms with Crippen LogP contribution in [0, 0.1) is 18.8 Å². The molecule has 0 bridgehead atoms. The normalized spacial score (nSPS) is 17.8. The highest BCUT2D eigenvalue weighted by Gasteiger charge is 2.43. The second-order valence-electron chi connectivity index (χ2n) is 7.76. The zero-order chi connectivity index (χ0) is 23.7. The number of pyridine rings is 2. The van der Waals surface area contributed by atoms with Gasteiger partial charge in [0, 0.05) is 18.8 Å². The van der Waals surface area contributed by atoms with Gasteiger partial charge < -0.3 is 10.1 Å². The van der Waals surface area contributed by atoms with E-state index < -0.39 is 36.1 Å². The molecular weight excluding hydrogens is 436 g/mol. The van der Waals surface area contributed by atoms with Crippen LogP contribution in [0.3, 0.4) is 0 Å². The summed E-state index contributed by atoms with van der Waals surface area (Å²) in [6.45, 7) is 3.28. The number of amides is 2. The highest BCUT2D eigenvalue weighted by molar-refractivity contribution is 5.95. The van der Waals surface area contributed by atoms with Crippen molar-refractivity contribution >= 4 is 23.5 Å². The summed E-state index contributed by atoms with van der Waals surface area (Å²) in [5.74, 6) is -1.52. The van der Waals surface area contributed by atoms with Crippen LogP contribution in [0.4, 0.5) is 25.1 Å². The monoisotopic (exact) mass is 457 g/mol. The van der Waals surface area contributed by atoms with Crippen molar-refractivity contribution in [1.82, 2.24) is 25.0 Å². The summed E-state index contributed by atoms with van der Waals surface area (Å²) >= 11 is 0. The Morgan fingerprint density at radius 1 is 1.24 bits per heavy atom. The first kappa shape index (κ1) is 22.2. The van der Waals surface area contributed by atoms with Gasteiger partial charge in [0.05, 0.1) is 23.5 Å². The Kier molecular flexibility index (Phi) is 5.99. The van der Waals surface area contributed by atoms with Gasteiger partial charge in [-0.15, -0.1) is 5.10 Å². The Bertz CT molecular complexity index is 1200. The van der Waals surface area contributed by atoms with Gasteiger partial charge in [0.25, 0.3) is 0 Å². The first-order valence-electron chi connectivity index (χ1n) is 10.1. The summed E-state index contributed by atoms with van der Waals surface area (Å²) in [5, 5.41) is 13.1. The Morgan fingerprint density at radius 3 is 2.67 bits per heavy atom. The molecule has 3 aromatic heterocycles. The van der Waals surface area contributed by atoms with Crippen molar-refractivity contribution in [2.45, 2.75) is 32.5 Å². The largest absolute Gasteiger partial charge is 0.441 e. The van der Waals surface area contributed by atoms with Crippen LogP contribution in [0.25, 0.3) is 11.4 Å². The molecule has 0 saturated heterocycles. The number of hydrogen-bond donors (Lipinski definition) is 2. The zero-order valence-corrected chi connectivity index (χ0v) is 18.0. The van der Waals surface area contributed by atoms with Crippen LogP contribution in [0.1, 0.15) is 30.6 Å². The lowest BCUT2D eigenvalue weighted by atomic mass is 10.1. The Balaban J connectivity index is 1.44. The minimum atomic E-state index is -1.09. The molecule has 1 aliphatic rings. The quantitative estimate of drug-likeness (QED) is 0.544. The number of anilines is 2. The fourth-order valence-corrected chi connectivity index (χ4v) is 3.16. The van der Waals surface area contributed by atoms with Crippen LogP contribution in [-0.4, -0.2) is 43.1 Å². The molecule has 4 rings (SSSR count). The number of carbonyl (C=O) groups excluding carboxylic acids is 2. The van der Waals surface area contributed by atoms with E-state index in [4.69, 9.17) is 4.74 Å². The molecule has 10 nitrogen and oxygen atoms in total. The number of carbonyl (C=O) groups is 2. The van der Waals surface area contributed by atoms with Crippen molar-refractivity contribution in [1.29, 1.82) is 0 Å². The number of aromatic nitrogens is 5. The number of ether oxygens (including phenoxy) is 1. The molecule has 2 N–H and O–H groups in total. The van der Waals surface area contributed by atoms with E-state index in [0.29, 0.717) is 11.4 Å². The predicted molar refractivity (Wildman–Crippen MR) is 113 cm³/mol. The SMILES string of the molecule is Cc1cnc(F)c([C@@H](C)OC(=O)Nc2c(-c3ccc(NC(=O)[C@@H]4C[C@H]4F)cn3)nnn2C)c1. The summed E-state index contributed by atoms with van der Waals surface area (Å²) in [7, 11) is 1.57. The van der Waals surface area contributed by atoms with Gasteiger partial charge in [-0.1, -0.05) is 5.21 Å². The lowest BCUT2D eigenvalue weighted by Gasteiger charge is -2.15. The van der Waals surface area contributed by atoms with Crippen LogP contribution in [0.2, 0.25) is 0 Å². The van der Waals surface area contributed by atoms with Gasteiger partial charge in [0.1, 0.15) is 12.3 Å². The molecular formula is C21H21F2N7O3. The molecule has 3 atom stereocenters. The van der Waals surface area contributed by atoms with Gasteiger partial charge >= 0.3 is 6.09 Å². The zero-order valence-electron chi connectivity index (χ0n) is 18.0. The lowest BCUT2D eigenvalue weighted by molar-refractivity contribution is -0.117. The molecule has 172 valence electrons. The van der Waals surface area contributed by atoms with Gasteiger partial charge in [-0.05, 0) is 44.0 Å². The summed E-state index contributed by atoms with van der Waals surface area (Å²) in [4.78, 5) is 32.2. The van der Waals surface area contributed by atoms with Crippen LogP contribution in [0.5, 0.6) is 0 Å². The van der Waals surface area contributed by atoms with Gasteiger partial charge in [-0.2, -0.15) is 4.39 Å². The Hall–Kier alpha value is -3.96. The Morgan fingerprint density at radius 2 is 2.00 bits per heavy atom. The second kappa shape index (κ2) is 8.88. The average molecular weight is 457 g/mol. The number of rotatable bonds is 6. The van der Waals surface area contributed by atoms with E-state index in [2.05, 4.69) is 30.9 Å². The predicted octanol–water partition coefficient (Wildman–Crippen LogP) is 3.33. The molecule has 0 aromatic carbocycles. The number of halogens is 2. The van der Waals surface area contributed by atoms with Crippen LogP contribution >= 0.6 is 0 Å². The van der Waals surface area contributed by atoms with Crippen LogP contribution in [-0.2, 0) is 16.6 Å². The maximum atomic E-state index is 14.0. The molecule has 0 aliphatic heterocycles. The van der Waals surface area contributed by atoms with Crippen molar-refractivity contribution in [3.8, 4) is 11.4 Å². The minimum absolute atomic E-state index is 0.151. The third kappa shape index (κ3) is 4.94. The van der Waals surface area contributed by atoms with E-state index in [0.717, 1.165) is 5.56 Å². The van der Waals surface area contributed by atoms with E-state index in [1.165, 1.54) is 24.0 Å². The average Bonchev–Trinajstić information content (AvgIpc) is 3.41. The standard InChI is InChI=1S/C21H21F2N7O3/c1-10-6-13(18(23)25-8-10)11(2)33-21(32)27-19-17(28-29-30(19)3)16-5-4-12(9-24-16)26-20(31)14-7-15(14)22/h4-6,8-9,11,14-15H,7H2,1-3H3,(H,26,31)(H,27,32)/t11-,14-,15-/m1/s1. The van der Waals surface area contributed by atoms with Crippen LogP contribution < -0.4 is 10.6 Å². The van der Waals surface area contributed by atoms with Crippen molar-refractivity contribution in [3.63, 3.8) is 0 Å². The molecule has 0 spiro atoms. The van der Waals surface area contributed by atoms with Gasteiger partial charge in [-0.3, -0.25) is 15.1 Å². The van der Waals surface area contributed by atoms with Crippen molar-refractivity contribution in [2.75, 3.05) is 10.6 Å². The highest BCUT2D eigenvalue weighted by Crippen LogP contribution is 2.34. The van der Waals surface area contributed by atoms with Crippen molar-refractivity contribution in [3.05, 3.63) is 47.7 Å². The molecule has 1 saturated carbocycles. The molecule has 3 heterocycles. The summed E-state index contributed by atoms with van der Waals surface area (Å²) < 4.78 is 33.6. The van der Waals surface area contributed by atoms with E-state index in [9.17, 15) is 18.4 Å². The number of nitrogens with one attached hydrogen (secondary N) is 2. The third-order valence-corrected chi connectivity index (χ3v) is 5.09. The molecule has 2 amide bonds. The fourth-order valence-electron chi connectivity index (χ4n) is 3.16. The molecule has 0 unspecified atom stereocenters. The molecule has 1 aliphatic carbocycles. The van der Waals surface area contributed by atoms with Gasteiger partial charge in [-0.25, -0.2) is 18.9 Å². The maximum Gasteiger partial charge on any atom is 0.413 e. The summed E-state index contributed by atoms with van der Waals surface area (Å²) in [5.41, 5.74) is 1.91. The van der Waals surface area contributed by atoms with Crippen molar-refractivity contribution < 1.29 is 23.1 Å². The number of alkyl halides is 1. The maximum absolute atomic E-state index is 14.0. The molecule has 3 aromatic rings. The lowest BCUT2D eigenvalue weighted by Crippen LogP contribution is -2.19. The Labute approximate surface area is 187 Å². The van der Waals surface area contributed by atoms with E-state index in [-0.39, 0.29) is 23.5 Å². The molecule has 12 heteroatoms. The first-order chi connectivity index (χ1) is 15.7. The minimum Gasteiger partial charge on any atom is -0.441 e. The first-order valence-corrected chi connectivity index (χ1v) is 10.1. The van der Waals surface area contributed by atoms with Gasteiger partial charge in [0.15, 0.2) is 11.5 Å². The van der Waals surface area contributed by atoms with E-state index in [1.807, 2.05) is 0 Å². The van der Waals surface area contributed by atoms with Gasteiger partial charge in [0.2, 0.25) is 11.9 Å². The van der Waals surface area contributed by atoms with Crippen molar-refractivity contribution in [2.24, 2.45) is 13.0 Å². The van der Waals surface area contributed by atoms with E-state index in [1.54, 1.807) is 32.2 Å². The molecule has 0 radical (unpaired) electrons. The number of hydrogen-bond acceptors (Lipinski definition) is 7. The second-order valence-corrected chi connectivity index (χ2v) is 7.76. The smallest absolute Gasteiger partial charge is 0.413 e. The molecule has 33 heavy (non-hydrogen) atoms. The number of nitrogens with zero attached hydrogens (tertiary/aromatic N) is 5. The topological polar surface area (TPSA) is 124 Å². The fraction of sp³-hybridized carbons (Fsp3) is 0.333. The third-order valence-electron chi connectivity index (χ3n) is 5.09. The molecule has 1 fully saturated rings. The number of aryl methyl sites for hydroxylation is 2. The summed E-state index contributed by atoms with van der Waals surface area (Å²) in [6, 6.07) is 4.72. The van der Waals surface area contributed by atoms with Crippen LogP contribution in [0.15, 0.2) is 30.6 Å². The van der Waals surface area contributed by atoms with E-state index >= 15 is 0 Å².